The maximum absolute atomic E-state index is 11.3. The molecule has 0 saturated carbocycles. The molecular formula is C13H9NO2. The van der Waals surface area contributed by atoms with Crippen LogP contribution in [0.1, 0.15) is 0 Å². The molecule has 0 bridgehead atoms. The van der Waals surface area contributed by atoms with Crippen molar-refractivity contribution in [1.29, 1.82) is 0 Å². The topological polar surface area (TPSA) is 42.2 Å². The van der Waals surface area contributed by atoms with Gasteiger partial charge in [0.15, 0.2) is 0 Å². The van der Waals surface area contributed by atoms with E-state index in [1.54, 1.807) is 6.07 Å². The molecular weight excluding hydrogens is 202 g/mol. The van der Waals surface area contributed by atoms with E-state index in [0.29, 0.717) is 10.2 Å². The third-order valence-electron chi connectivity index (χ3n) is 2.74. The Labute approximate surface area is 91.1 Å². The van der Waals surface area contributed by atoms with Crippen LogP contribution >= 0.6 is 0 Å². The molecule has 16 heavy (non-hydrogen) atoms. The lowest BCUT2D eigenvalue weighted by atomic mass is 10.1. The maximum Gasteiger partial charge on any atom is 0.283 e. The molecule has 78 valence electrons. The first-order chi connectivity index (χ1) is 7.75. The number of hydrogen-bond donors (Lipinski definition) is 1. The van der Waals surface area contributed by atoms with E-state index in [1.165, 1.54) is 6.07 Å². The number of aromatic nitrogens is 1. The first-order valence-corrected chi connectivity index (χ1v) is 4.99. The standard InChI is InChI=1S/C13H9NO2/c15-13-6-5-11-7-9-3-1-2-4-10(9)8-12(11)14(13)16/h1-8,16H. The van der Waals surface area contributed by atoms with Crippen LogP contribution in [0.15, 0.2) is 53.3 Å². The van der Waals surface area contributed by atoms with Gasteiger partial charge in [-0.15, -0.1) is 4.73 Å². The lowest BCUT2D eigenvalue weighted by molar-refractivity contribution is 0.189. The largest absolute Gasteiger partial charge is 0.425 e. The summed E-state index contributed by atoms with van der Waals surface area (Å²) < 4.78 is 0.682. The van der Waals surface area contributed by atoms with E-state index in [9.17, 15) is 10.0 Å². The Balaban J connectivity index is 2.56. The van der Waals surface area contributed by atoms with Crippen molar-refractivity contribution < 1.29 is 5.21 Å². The molecule has 0 aliphatic carbocycles. The van der Waals surface area contributed by atoms with Crippen LogP contribution in [0.4, 0.5) is 0 Å². The lowest BCUT2D eigenvalue weighted by Gasteiger charge is -2.04. The monoisotopic (exact) mass is 211 g/mol. The molecule has 3 nitrogen and oxygen atoms in total. The third-order valence-corrected chi connectivity index (χ3v) is 2.74. The van der Waals surface area contributed by atoms with E-state index in [4.69, 9.17) is 0 Å². The van der Waals surface area contributed by atoms with Crippen molar-refractivity contribution in [2.45, 2.75) is 0 Å². The Morgan fingerprint density at radius 1 is 0.875 bits per heavy atom. The molecule has 0 amide bonds. The van der Waals surface area contributed by atoms with Gasteiger partial charge in [-0.2, -0.15) is 0 Å². The van der Waals surface area contributed by atoms with Crippen molar-refractivity contribution in [3.05, 3.63) is 58.9 Å². The van der Waals surface area contributed by atoms with Crippen LogP contribution in [-0.2, 0) is 0 Å². The van der Waals surface area contributed by atoms with Crippen LogP contribution in [0, 0.1) is 0 Å². The molecule has 1 heterocycles. The summed E-state index contributed by atoms with van der Waals surface area (Å²) in [6.07, 6.45) is 0. The third kappa shape index (κ3) is 1.18. The molecule has 1 aromatic heterocycles. The molecule has 0 aliphatic rings. The molecule has 0 atom stereocenters. The van der Waals surface area contributed by atoms with Gasteiger partial charge < -0.3 is 5.21 Å². The smallest absolute Gasteiger partial charge is 0.283 e. The second-order valence-electron chi connectivity index (χ2n) is 3.74. The van der Waals surface area contributed by atoms with Gasteiger partial charge in [0, 0.05) is 11.5 Å². The van der Waals surface area contributed by atoms with Gasteiger partial charge in [0.1, 0.15) is 0 Å². The van der Waals surface area contributed by atoms with Crippen molar-refractivity contribution >= 4 is 21.7 Å². The lowest BCUT2D eigenvalue weighted by Crippen LogP contribution is -2.15. The summed E-state index contributed by atoms with van der Waals surface area (Å²) in [6.45, 7) is 0. The second kappa shape index (κ2) is 3.10. The van der Waals surface area contributed by atoms with Crippen LogP contribution < -0.4 is 5.56 Å². The fourth-order valence-electron chi connectivity index (χ4n) is 1.91. The van der Waals surface area contributed by atoms with E-state index in [1.807, 2.05) is 36.4 Å². The van der Waals surface area contributed by atoms with Crippen molar-refractivity contribution in [3.63, 3.8) is 0 Å². The molecule has 0 spiro atoms. The first kappa shape index (κ1) is 8.97. The summed E-state index contributed by atoms with van der Waals surface area (Å²) in [5.41, 5.74) is 0.119. The average Bonchev–Trinajstić information content (AvgIpc) is 2.32. The van der Waals surface area contributed by atoms with Crippen molar-refractivity contribution in [3.8, 4) is 0 Å². The Kier molecular flexibility index (Phi) is 1.74. The van der Waals surface area contributed by atoms with Crippen molar-refractivity contribution in [2.24, 2.45) is 0 Å². The molecule has 1 N–H and O–H groups in total. The summed E-state index contributed by atoms with van der Waals surface area (Å²) in [5.74, 6) is 0. The highest BCUT2D eigenvalue weighted by atomic mass is 16.5. The van der Waals surface area contributed by atoms with Crippen molar-refractivity contribution in [2.75, 3.05) is 0 Å². The zero-order valence-corrected chi connectivity index (χ0v) is 8.42. The first-order valence-electron chi connectivity index (χ1n) is 4.99. The average molecular weight is 211 g/mol. The van der Waals surface area contributed by atoms with Gasteiger partial charge in [0.2, 0.25) is 0 Å². The zero-order valence-electron chi connectivity index (χ0n) is 8.42. The minimum Gasteiger partial charge on any atom is -0.425 e. The molecule has 0 fully saturated rings. The Morgan fingerprint density at radius 2 is 1.56 bits per heavy atom. The predicted octanol–water partition coefficient (Wildman–Crippen LogP) is 2.39. The SMILES string of the molecule is O=c1ccc2cc3ccccc3cc2n1O. The molecule has 3 heteroatoms. The minimum absolute atomic E-state index is 0.414. The molecule has 0 radical (unpaired) electrons. The highest BCUT2D eigenvalue weighted by Crippen LogP contribution is 2.20. The van der Waals surface area contributed by atoms with E-state index < -0.39 is 5.56 Å². The van der Waals surface area contributed by atoms with Gasteiger partial charge in [0.05, 0.1) is 5.52 Å². The molecule has 3 rings (SSSR count). The fourth-order valence-corrected chi connectivity index (χ4v) is 1.91. The summed E-state index contributed by atoms with van der Waals surface area (Å²) in [5, 5.41) is 12.6. The van der Waals surface area contributed by atoms with Crippen LogP contribution in [0.3, 0.4) is 0 Å². The quantitative estimate of drug-likeness (QED) is 0.458. The van der Waals surface area contributed by atoms with Crippen molar-refractivity contribution in [1.82, 2.24) is 4.73 Å². The molecule has 3 aromatic rings. The zero-order chi connectivity index (χ0) is 11.1. The van der Waals surface area contributed by atoms with E-state index in [0.717, 1.165) is 16.2 Å². The van der Waals surface area contributed by atoms with Gasteiger partial charge in [-0.25, -0.2) is 0 Å². The summed E-state index contributed by atoms with van der Waals surface area (Å²) in [7, 11) is 0. The summed E-state index contributed by atoms with van der Waals surface area (Å²) in [4.78, 5) is 11.3. The predicted molar refractivity (Wildman–Crippen MR) is 62.9 cm³/mol. The molecule has 0 aliphatic heterocycles. The van der Waals surface area contributed by atoms with Gasteiger partial charge in [0.25, 0.3) is 5.56 Å². The maximum atomic E-state index is 11.3. The van der Waals surface area contributed by atoms with Crippen LogP contribution in [-0.4, -0.2) is 9.94 Å². The van der Waals surface area contributed by atoms with Gasteiger partial charge >= 0.3 is 0 Å². The number of pyridine rings is 1. The number of nitrogens with zero attached hydrogens (tertiary/aromatic N) is 1. The Hall–Kier alpha value is -2.29. The number of fused-ring (bicyclic) bond motifs is 2. The van der Waals surface area contributed by atoms with Gasteiger partial charge in [-0.05, 0) is 29.0 Å². The van der Waals surface area contributed by atoms with E-state index in [2.05, 4.69) is 0 Å². The molecule has 0 unspecified atom stereocenters. The van der Waals surface area contributed by atoms with E-state index >= 15 is 0 Å². The number of hydrogen-bond acceptors (Lipinski definition) is 2. The molecule has 0 saturated heterocycles. The Bertz CT molecular complexity index is 744. The fraction of sp³-hybridized carbons (Fsp3) is 0. The van der Waals surface area contributed by atoms with Gasteiger partial charge in [-0.3, -0.25) is 4.79 Å². The van der Waals surface area contributed by atoms with E-state index in [-0.39, 0.29) is 0 Å². The van der Waals surface area contributed by atoms with Crippen LogP contribution in [0.5, 0.6) is 0 Å². The van der Waals surface area contributed by atoms with Gasteiger partial charge in [-0.1, -0.05) is 24.3 Å². The number of rotatable bonds is 0. The minimum atomic E-state index is -0.414. The highest BCUT2D eigenvalue weighted by molar-refractivity contribution is 5.96. The normalized spacial score (nSPS) is 11.0. The summed E-state index contributed by atoms with van der Waals surface area (Å²) >= 11 is 0. The Morgan fingerprint density at radius 3 is 2.31 bits per heavy atom. The second-order valence-corrected chi connectivity index (χ2v) is 3.74. The van der Waals surface area contributed by atoms with Crippen LogP contribution in [0.25, 0.3) is 21.7 Å². The molecule has 2 aromatic carbocycles. The number of benzene rings is 2. The summed E-state index contributed by atoms with van der Waals surface area (Å²) in [6, 6.07) is 14.7. The van der Waals surface area contributed by atoms with Crippen LogP contribution in [0.2, 0.25) is 0 Å². The highest BCUT2D eigenvalue weighted by Gasteiger charge is 2.02.